The van der Waals surface area contributed by atoms with E-state index in [4.69, 9.17) is 0 Å². The van der Waals surface area contributed by atoms with Gasteiger partial charge in [0.2, 0.25) is 16.8 Å². The van der Waals surface area contributed by atoms with E-state index in [9.17, 15) is 8.22 Å². The molecule has 0 amide bonds. The standard InChI is InChI=1S/C12H20F2Si2/c1-15(2,13)10-12(16(3,4)14)11-8-6-5-7-9-11/h5-9,12H,10H2,1-4H3. The zero-order valence-corrected chi connectivity index (χ0v) is 12.4. The van der Waals surface area contributed by atoms with Crippen LogP contribution in [0.4, 0.5) is 8.22 Å². The first kappa shape index (κ1) is 13.6. The van der Waals surface area contributed by atoms with Crippen LogP contribution >= 0.6 is 0 Å². The van der Waals surface area contributed by atoms with Gasteiger partial charge in [0.05, 0.1) is 0 Å². The summed E-state index contributed by atoms with van der Waals surface area (Å²) >= 11 is 0. The predicted octanol–water partition coefficient (Wildman–Crippen LogP) is 4.66. The highest BCUT2D eigenvalue weighted by molar-refractivity contribution is 6.77. The molecule has 0 aliphatic carbocycles. The summed E-state index contributed by atoms with van der Waals surface area (Å²) in [6, 6.07) is 9.93. The number of halogens is 2. The molecule has 0 N–H and O–H groups in total. The van der Waals surface area contributed by atoms with Crippen LogP contribution in [-0.4, -0.2) is 16.8 Å². The topological polar surface area (TPSA) is 0 Å². The molecule has 1 aromatic carbocycles. The van der Waals surface area contributed by atoms with Crippen LogP contribution in [0.1, 0.15) is 11.1 Å². The van der Waals surface area contributed by atoms with Crippen LogP contribution < -0.4 is 0 Å². The van der Waals surface area contributed by atoms with Crippen LogP contribution in [0, 0.1) is 0 Å². The molecular formula is C12H20F2Si2. The summed E-state index contributed by atoms with van der Waals surface area (Å²) in [7, 11) is -5.56. The lowest BCUT2D eigenvalue weighted by atomic mass is 10.2. The van der Waals surface area contributed by atoms with Crippen molar-refractivity contribution in [1.29, 1.82) is 0 Å². The fourth-order valence-electron chi connectivity index (χ4n) is 1.93. The maximum atomic E-state index is 14.3. The van der Waals surface area contributed by atoms with Crippen LogP contribution in [-0.2, 0) is 0 Å². The Kier molecular flexibility index (Phi) is 4.07. The largest absolute Gasteiger partial charge is 0.314 e. The minimum absolute atomic E-state index is 0.208. The smallest absolute Gasteiger partial charge is 0.248 e. The fourth-order valence-corrected chi connectivity index (χ4v) is 7.52. The van der Waals surface area contributed by atoms with Gasteiger partial charge in [-0.15, -0.1) is 0 Å². The molecule has 4 heteroatoms. The van der Waals surface area contributed by atoms with Gasteiger partial charge in [0.1, 0.15) is 0 Å². The second-order valence-electron chi connectivity index (χ2n) is 5.45. The van der Waals surface area contributed by atoms with Gasteiger partial charge in [-0.3, -0.25) is 0 Å². The first-order chi connectivity index (χ1) is 7.20. The average Bonchev–Trinajstić information content (AvgIpc) is 2.13. The Morgan fingerprint density at radius 3 is 1.88 bits per heavy atom. The molecule has 0 radical (unpaired) electrons. The zero-order valence-electron chi connectivity index (χ0n) is 10.4. The molecule has 1 rings (SSSR count). The third-order valence-electron chi connectivity index (χ3n) is 2.72. The SMILES string of the molecule is C[Si](C)(F)CC(c1ccccc1)[Si](C)(C)F. The molecule has 0 nitrogen and oxygen atoms in total. The first-order valence-electron chi connectivity index (χ1n) is 5.63. The van der Waals surface area contributed by atoms with E-state index >= 15 is 0 Å². The van der Waals surface area contributed by atoms with Crippen molar-refractivity contribution >= 4 is 16.8 Å². The van der Waals surface area contributed by atoms with E-state index in [-0.39, 0.29) is 5.54 Å². The van der Waals surface area contributed by atoms with Gasteiger partial charge in [0.15, 0.2) is 0 Å². The van der Waals surface area contributed by atoms with E-state index in [1.165, 1.54) is 0 Å². The average molecular weight is 258 g/mol. The van der Waals surface area contributed by atoms with Crippen LogP contribution in [0.3, 0.4) is 0 Å². The molecule has 1 aromatic rings. The molecule has 0 fully saturated rings. The van der Waals surface area contributed by atoms with Gasteiger partial charge >= 0.3 is 0 Å². The lowest BCUT2D eigenvalue weighted by Crippen LogP contribution is -2.35. The van der Waals surface area contributed by atoms with Crippen LogP contribution in [0.25, 0.3) is 0 Å². The quantitative estimate of drug-likeness (QED) is 0.544. The summed E-state index contributed by atoms with van der Waals surface area (Å²) in [6.45, 7) is 6.65. The highest BCUT2D eigenvalue weighted by Gasteiger charge is 2.39. The van der Waals surface area contributed by atoms with Crippen molar-refractivity contribution in [1.82, 2.24) is 0 Å². The molecule has 0 spiro atoms. The molecule has 0 aliphatic rings. The molecule has 1 atom stereocenters. The Balaban J connectivity index is 2.98. The second-order valence-corrected chi connectivity index (χ2v) is 13.1. The van der Waals surface area contributed by atoms with Gasteiger partial charge in [-0.25, -0.2) is 0 Å². The van der Waals surface area contributed by atoms with E-state index in [2.05, 4.69) is 0 Å². The van der Waals surface area contributed by atoms with Crippen molar-refractivity contribution in [3.8, 4) is 0 Å². The minimum atomic E-state index is -2.84. The Bertz CT molecular complexity index is 325. The highest BCUT2D eigenvalue weighted by Crippen LogP contribution is 2.35. The van der Waals surface area contributed by atoms with Gasteiger partial charge in [0.25, 0.3) is 0 Å². The number of rotatable bonds is 4. The summed E-state index contributed by atoms with van der Waals surface area (Å²) < 4.78 is 28.1. The summed E-state index contributed by atoms with van der Waals surface area (Å²) in [4.78, 5) is 0. The van der Waals surface area contributed by atoms with E-state index in [1.54, 1.807) is 26.2 Å². The number of hydrogen-bond donors (Lipinski definition) is 0. The van der Waals surface area contributed by atoms with Crippen LogP contribution in [0.15, 0.2) is 30.3 Å². The molecule has 90 valence electrons. The van der Waals surface area contributed by atoms with E-state index in [0.717, 1.165) is 5.56 Å². The maximum absolute atomic E-state index is 14.3. The monoisotopic (exact) mass is 258 g/mol. The molecule has 0 bridgehead atoms. The first-order valence-corrected chi connectivity index (χ1v) is 11.7. The Morgan fingerprint density at radius 2 is 1.50 bits per heavy atom. The van der Waals surface area contributed by atoms with Crippen LogP contribution in [0.2, 0.25) is 32.2 Å². The van der Waals surface area contributed by atoms with Crippen molar-refractivity contribution in [3.05, 3.63) is 35.9 Å². The predicted molar refractivity (Wildman–Crippen MR) is 71.2 cm³/mol. The van der Waals surface area contributed by atoms with Crippen molar-refractivity contribution in [2.75, 3.05) is 0 Å². The van der Waals surface area contributed by atoms with Gasteiger partial charge in [0, 0.05) is 5.54 Å². The summed E-state index contributed by atoms with van der Waals surface area (Å²) in [5.74, 6) is 0. The molecule has 0 saturated heterocycles. The minimum Gasteiger partial charge on any atom is -0.314 e. The third kappa shape index (κ3) is 4.17. The lowest BCUT2D eigenvalue weighted by molar-refractivity contribution is 0.712. The van der Waals surface area contributed by atoms with Gasteiger partial charge in [-0.05, 0) is 37.8 Å². The molecule has 0 aliphatic heterocycles. The normalized spacial score (nSPS) is 14.9. The third-order valence-corrected chi connectivity index (χ3v) is 6.70. The summed E-state index contributed by atoms with van der Waals surface area (Å²) in [6.07, 6.45) is 0. The lowest BCUT2D eigenvalue weighted by Gasteiger charge is -2.28. The van der Waals surface area contributed by atoms with E-state index in [0.29, 0.717) is 6.04 Å². The number of benzene rings is 1. The van der Waals surface area contributed by atoms with Crippen molar-refractivity contribution < 1.29 is 8.22 Å². The van der Waals surface area contributed by atoms with Crippen LogP contribution in [0.5, 0.6) is 0 Å². The van der Waals surface area contributed by atoms with Gasteiger partial charge in [-0.2, -0.15) is 0 Å². The molecular weight excluding hydrogens is 238 g/mol. The Hall–Kier alpha value is -0.486. The Morgan fingerprint density at radius 1 is 1.00 bits per heavy atom. The molecule has 16 heavy (non-hydrogen) atoms. The van der Waals surface area contributed by atoms with Crippen molar-refractivity contribution in [3.63, 3.8) is 0 Å². The maximum Gasteiger partial charge on any atom is 0.248 e. The van der Waals surface area contributed by atoms with E-state index < -0.39 is 16.8 Å². The second kappa shape index (κ2) is 4.79. The molecule has 0 aromatic heterocycles. The highest BCUT2D eigenvalue weighted by atomic mass is 28.4. The molecule has 0 heterocycles. The van der Waals surface area contributed by atoms with Gasteiger partial charge in [-0.1, -0.05) is 30.3 Å². The summed E-state index contributed by atoms with van der Waals surface area (Å²) in [5, 5.41) is 0. The number of hydrogen-bond acceptors (Lipinski definition) is 0. The van der Waals surface area contributed by atoms with Crippen molar-refractivity contribution in [2.45, 2.75) is 37.8 Å². The molecule has 0 saturated carbocycles. The van der Waals surface area contributed by atoms with E-state index in [1.807, 2.05) is 30.3 Å². The summed E-state index contributed by atoms with van der Waals surface area (Å²) in [5.41, 5.74) is 0.750. The zero-order chi connectivity index (χ0) is 12.4. The Labute approximate surface area is 99.1 Å². The fraction of sp³-hybridized carbons (Fsp3) is 0.500. The van der Waals surface area contributed by atoms with Gasteiger partial charge < -0.3 is 8.22 Å². The van der Waals surface area contributed by atoms with Crippen molar-refractivity contribution in [2.24, 2.45) is 0 Å². The molecule has 1 unspecified atom stereocenters.